The molecule has 0 aliphatic rings. The first kappa shape index (κ1) is 16.5. The molecule has 0 unspecified atom stereocenters. The van der Waals surface area contributed by atoms with Gasteiger partial charge in [-0.25, -0.2) is 14.8 Å². The highest BCUT2D eigenvalue weighted by Crippen LogP contribution is 2.34. The Hall–Kier alpha value is -2.98. The first-order valence-electron chi connectivity index (χ1n) is 7.40. The number of nitrogens with zero attached hydrogens (tertiary/aromatic N) is 6. The lowest BCUT2D eigenvalue weighted by Crippen LogP contribution is -2.02. The second-order valence-corrected chi connectivity index (χ2v) is 6.46. The van der Waals surface area contributed by atoms with Gasteiger partial charge in [-0.3, -0.25) is 9.08 Å². The molecule has 0 aliphatic heterocycles. The van der Waals surface area contributed by atoms with Crippen molar-refractivity contribution in [2.75, 3.05) is 12.4 Å². The van der Waals surface area contributed by atoms with Crippen LogP contribution in [0, 0.1) is 0 Å². The number of ether oxygens (including phenoxy) is 1. The van der Waals surface area contributed by atoms with E-state index in [1.165, 1.54) is 7.11 Å². The van der Waals surface area contributed by atoms with E-state index in [2.05, 4.69) is 29.5 Å². The minimum atomic E-state index is -0.592. The van der Waals surface area contributed by atoms with E-state index in [0.717, 1.165) is 22.8 Å². The highest BCUT2D eigenvalue weighted by molar-refractivity contribution is 7.11. The number of methoxy groups -OCH3 is 1. The molecule has 0 atom stereocenters. The summed E-state index contributed by atoms with van der Waals surface area (Å²) >= 11 is 7.27. The third-order valence-electron chi connectivity index (χ3n) is 3.67. The molecule has 26 heavy (non-hydrogen) atoms. The number of nitrogens with one attached hydrogen (secondary N) is 1. The van der Waals surface area contributed by atoms with Crippen LogP contribution in [0.3, 0.4) is 0 Å². The van der Waals surface area contributed by atoms with Crippen LogP contribution in [0.25, 0.3) is 16.9 Å². The van der Waals surface area contributed by atoms with Gasteiger partial charge in [0.25, 0.3) is 0 Å². The van der Waals surface area contributed by atoms with E-state index < -0.39 is 5.97 Å². The van der Waals surface area contributed by atoms with Gasteiger partial charge in [-0.2, -0.15) is 9.47 Å². The maximum atomic E-state index is 11.6. The Morgan fingerprint density at radius 2 is 2.19 bits per heavy atom. The number of halogens is 1. The summed E-state index contributed by atoms with van der Waals surface area (Å²) in [6, 6.07) is 0. The Balaban J connectivity index is 1.73. The van der Waals surface area contributed by atoms with Crippen LogP contribution in [-0.4, -0.2) is 41.6 Å². The third-order valence-corrected chi connectivity index (χ3v) is 4.92. The number of rotatable bonds is 4. The summed E-state index contributed by atoms with van der Waals surface area (Å²) in [5.74, 6) is -0.102. The van der Waals surface area contributed by atoms with Crippen molar-refractivity contribution in [2.24, 2.45) is 7.05 Å². The Labute approximate surface area is 156 Å². The fraction of sp³-hybridized carbons (Fsp3) is 0.133. The minimum absolute atomic E-state index is 0.0630. The Morgan fingerprint density at radius 1 is 1.35 bits per heavy atom. The zero-order valence-corrected chi connectivity index (χ0v) is 15.2. The van der Waals surface area contributed by atoms with Crippen LogP contribution in [0.15, 0.2) is 31.0 Å². The molecule has 0 aliphatic carbocycles. The minimum Gasteiger partial charge on any atom is -0.464 e. The van der Waals surface area contributed by atoms with Crippen LogP contribution in [0.5, 0.6) is 0 Å². The smallest absolute Gasteiger partial charge is 0.359 e. The van der Waals surface area contributed by atoms with Gasteiger partial charge in [0.05, 0.1) is 25.2 Å². The van der Waals surface area contributed by atoms with Crippen molar-refractivity contribution in [1.29, 1.82) is 0 Å². The molecule has 0 bridgehead atoms. The van der Waals surface area contributed by atoms with Crippen LogP contribution in [0.2, 0.25) is 5.02 Å². The average molecular weight is 390 g/mol. The van der Waals surface area contributed by atoms with E-state index in [-0.39, 0.29) is 10.7 Å². The number of aryl methyl sites for hydroxylation is 1. The van der Waals surface area contributed by atoms with Gasteiger partial charge < -0.3 is 10.1 Å². The second-order valence-electron chi connectivity index (χ2n) is 5.31. The van der Waals surface area contributed by atoms with Crippen molar-refractivity contribution < 1.29 is 9.53 Å². The molecule has 0 saturated heterocycles. The summed E-state index contributed by atoms with van der Waals surface area (Å²) in [6.45, 7) is 0. The maximum absolute atomic E-state index is 11.6. The molecule has 0 radical (unpaired) electrons. The highest BCUT2D eigenvalue weighted by atomic mass is 35.5. The molecule has 4 heterocycles. The molecule has 9 nitrogen and oxygen atoms in total. The molecule has 4 aromatic heterocycles. The highest BCUT2D eigenvalue weighted by Gasteiger charge is 2.20. The molecule has 4 rings (SSSR count). The van der Waals surface area contributed by atoms with Crippen molar-refractivity contribution in [1.82, 2.24) is 28.5 Å². The summed E-state index contributed by atoms with van der Waals surface area (Å²) < 4.78 is 12.3. The summed E-state index contributed by atoms with van der Waals surface area (Å²) in [5.41, 5.74) is 2.48. The fourth-order valence-corrected chi connectivity index (χ4v) is 3.45. The van der Waals surface area contributed by atoms with Crippen LogP contribution in [0.1, 0.15) is 10.5 Å². The number of hydrogen-bond donors (Lipinski definition) is 1. The molecule has 0 aromatic carbocycles. The molecule has 0 saturated carbocycles. The zero-order valence-electron chi connectivity index (χ0n) is 13.7. The van der Waals surface area contributed by atoms with Crippen LogP contribution >= 0.6 is 23.1 Å². The van der Waals surface area contributed by atoms with Crippen LogP contribution < -0.4 is 5.32 Å². The number of esters is 1. The quantitative estimate of drug-likeness (QED) is 0.535. The number of imidazole rings is 1. The standard InChI is InChI=1S/C15H12ClN7O2S/c1-22-7-8(5-19-22)9-6-18-13-12(17-3-4-23(9)13)20-14-10(16)11(21-26-14)15(24)25-2/h3-7H,1-2H3,(H,17,20). The summed E-state index contributed by atoms with van der Waals surface area (Å²) in [6.07, 6.45) is 8.86. The fourth-order valence-electron chi connectivity index (χ4n) is 2.46. The van der Waals surface area contributed by atoms with Gasteiger partial charge in [-0.05, 0) is 11.5 Å². The SMILES string of the molecule is COC(=O)c1nsc(Nc2nccn3c(-c4cnn(C)c4)cnc23)c1Cl. The predicted octanol–water partition coefficient (Wildman–Crippen LogP) is 2.77. The lowest BCUT2D eigenvalue weighted by molar-refractivity contribution is 0.0595. The van der Waals surface area contributed by atoms with Gasteiger partial charge in [0.2, 0.25) is 0 Å². The van der Waals surface area contributed by atoms with E-state index in [0.29, 0.717) is 16.5 Å². The molecule has 0 amide bonds. The van der Waals surface area contributed by atoms with Crippen molar-refractivity contribution in [3.63, 3.8) is 0 Å². The first-order chi connectivity index (χ1) is 12.6. The van der Waals surface area contributed by atoms with E-state index >= 15 is 0 Å². The second kappa shape index (κ2) is 6.39. The molecular formula is C15H12ClN7O2S. The number of carbonyl (C=O) groups excluding carboxylic acids is 1. The predicted molar refractivity (Wildman–Crippen MR) is 96.9 cm³/mol. The number of carbonyl (C=O) groups is 1. The van der Waals surface area contributed by atoms with E-state index in [1.54, 1.807) is 23.3 Å². The van der Waals surface area contributed by atoms with Gasteiger partial charge >= 0.3 is 5.97 Å². The average Bonchev–Trinajstić information content (AvgIpc) is 3.34. The third kappa shape index (κ3) is 2.68. The number of fused-ring (bicyclic) bond motifs is 1. The van der Waals surface area contributed by atoms with Gasteiger partial charge in [-0.1, -0.05) is 11.6 Å². The Kier molecular flexibility index (Phi) is 4.05. The summed E-state index contributed by atoms with van der Waals surface area (Å²) in [5, 5.41) is 7.94. The first-order valence-corrected chi connectivity index (χ1v) is 8.55. The lowest BCUT2D eigenvalue weighted by atomic mass is 10.3. The molecule has 4 aromatic rings. The van der Waals surface area contributed by atoms with Gasteiger partial charge in [0, 0.05) is 31.2 Å². The molecule has 132 valence electrons. The van der Waals surface area contributed by atoms with Gasteiger partial charge in [-0.15, -0.1) is 0 Å². The normalized spacial score (nSPS) is 11.0. The number of anilines is 2. The topological polar surface area (TPSA) is 99.2 Å². The molecular weight excluding hydrogens is 378 g/mol. The van der Waals surface area contributed by atoms with Gasteiger partial charge in [0.15, 0.2) is 17.2 Å². The zero-order chi connectivity index (χ0) is 18.3. The maximum Gasteiger partial charge on any atom is 0.359 e. The lowest BCUT2D eigenvalue weighted by Gasteiger charge is -2.05. The Morgan fingerprint density at radius 3 is 2.92 bits per heavy atom. The molecule has 0 fully saturated rings. The van der Waals surface area contributed by atoms with Crippen molar-refractivity contribution in [3.8, 4) is 11.3 Å². The van der Waals surface area contributed by atoms with E-state index in [9.17, 15) is 4.79 Å². The van der Waals surface area contributed by atoms with Gasteiger partial charge in [0.1, 0.15) is 10.0 Å². The van der Waals surface area contributed by atoms with Crippen molar-refractivity contribution in [3.05, 3.63) is 41.7 Å². The molecule has 0 spiro atoms. The van der Waals surface area contributed by atoms with Crippen molar-refractivity contribution >= 4 is 45.6 Å². The molecule has 1 N–H and O–H groups in total. The Bertz CT molecular complexity index is 1120. The van der Waals surface area contributed by atoms with E-state index in [1.807, 2.05) is 23.8 Å². The summed E-state index contributed by atoms with van der Waals surface area (Å²) in [4.78, 5) is 20.4. The van der Waals surface area contributed by atoms with Crippen LogP contribution in [-0.2, 0) is 11.8 Å². The molecule has 11 heteroatoms. The monoisotopic (exact) mass is 389 g/mol. The van der Waals surface area contributed by atoms with E-state index in [4.69, 9.17) is 11.6 Å². The van der Waals surface area contributed by atoms with Crippen molar-refractivity contribution in [2.45, 2.75) is 0 Å². The van der Waals surface area contributed by atoms with Crippen LogP contribution in [0.4, 0.5) is 10.8 Å². The number of hydrogen-bond acceptors (Lipinski definition) is 8. The largest absolute Gasteiger partial charge is 0.464 e. The number of aromatic nitrogens is 6. The summed E-state index contributed by atoms with van der Waals surface area (Å²) in [7, 11) is 3.13.